The zero-order valence-corrected chi connectivity index (χ0v) is 15.9. The van der Waals surface area contributed by atoms with Gasteiger partial charge in [-0.2, -0.15) is 0 Å². The van der Waals surface area contributed by atoms with Crippen molar-refractivity contribution >= 4 is 17.5 Å². The Hall–Kier alpha value is -3.40. The number of benzene rings is 3. The van der Waals surface area contributed by atoms with Crippen molar-refractivity contribution in [3.05, 3.63) is 94.5 Å². The van der Waals surface area contributed by atoms with Gasteiger partial charge in [0, 0.05) is 11.8 Å². The van der Waals surface area contributed by atoms with Crippen molar-refractivity contribution in [2.45, 2.75) is 18.8 Å². The molecule has 2 bridgehead atoms. The predicted octanol–water partition coefficient (Wildman–Crippen LogP) is 4.10. The van der Waals surface area contributed by atoms with E-state index in [9.17, 15) is 14.7 Å². The molecule has 2 unspecified atom stereocenters. The van der Waals surface area contributed by atoms with Gasteiger partial charge in [-0.05, 0) is 46.9 Å². The number of rotatable bonds is 1. The van der Waals surface area contributed by atoms with Crippen molar-refractivity contribution in [3.63, 3.8) is 0 Å². The van der Waals surface area contributed by atoms with E-state index in [1.165, 1.54) is 4.90 Å². The van der Waals surface area contributed by atoms with Crippen LogP contribution in [0.25, 0.3) is 0 Å². The number of imide groups is 1. The van der Waals surface area contributed by atoms with Crippen LogP contribution in [0.3, 0.4) is 0 Å². The lowest BCUT2D eigenvalue weighted by Gasteiger charge is -2.45. The minimum Gasteiger partial charge on any atom is -0.506 e. The molecule has 7 rings (SSSR count). The molecule has 4 aliphatic rings. The van der Waals surface area contributed by atoms with Crippen molar-refractivity contribution in [1.82, 2.24) is 0 Å². The predicted molar refractivity (Wildman–Crippen MR) is 109 cm³/mol. The van der Waals surface area contributed by atoms with E-state index in [4.69, 9.17) is 0 Å². The third-order valence-corrected chi connectivity index (χ3v) is 6.82. The Kier molecular flexibility index (Phi) is 3.18. The summed E-state index contributed by atoms with van der Waals surface area (Å²) < 4.78 is 0. The summed E-state index contributed by atoms with van der Waals surface area (Å²) in [7, 11) is 0. The fraction of sp³-hybridized carbons (Fsp3) is 0.200. The van der Waals surface area contributed by atoms with E-state index in [0.717, 1.165) is 27.8 Å². The van der Waals surface area contributed by atoms with Gasteiger partial charge in [0.15, 0.2) is 0 Å². The molecule has 1 saturated heterocycles. The van der Waals surface area contributed by atoms with Crippen molar-refractivity contribution in [1.29, 1.82) is 0 Å². The fourth-order valence-electron chi connectivity index (χ4n) is 5.73. The van der Waals surface area contributed by atoms with Gasteiger partial charge in [-0.25, -0.2) is 4.90 Å². The van der Waals surface area contributed by atoms with Gasteiger partial charge in [0.05, 0.1) is 17.5 Å². The molecule has 0 radical (unpaired) electrons. The number of phenolic OH excluding ortho intramolecular Hbond substituents is 1. The van der Waals surface area contributed by atoms with Gasteiger partial charge in [-0.15, -0.1) is 0 Å². The number of aromatic hydroxyl groups is 1. The number of carbonyl (C=O) groups is 2. The first-order chi connectivity index (χ1) is 14.1. The number of carbonyl (C=O) groups excluding carboxylic acids is 2. The summed E-state index contributed by atoms with van der Waals surface area (Å²) in [5, 5.41) is 10.4. The second-order valence-electron chi connectivity index (χ2n) is 8.27. The quantitative estimate of drug-likeness (QED) is 0.646. The molecule has 4 heteroatoms. The Morgan fingerprint density at radius 2 is 1.17 bits per heavy atom. The van der Waals surface area contributed by atoms with E-state index in [0.29, 0.717) is 5.69 Å². The summed E-state index contributed by atoms with van der Waals surface area (Å²) in [5.74, 6) is -1.59. The van der Waals surface area contributed by atoms with Crippen LogP contribution in [0.2, 0.25) is 0 Å². The van der Waals surface area contributed by atoms with Crippen LogP contribution in [-0.2, 0) is 9.59 Å². The standard InChI is InChI=1S/C25H19NO3/c1-13-10-11-19(27)18(12-13)26-24(28)22-20-14-6-2-3-7-15(14)21(23(22)25(26)29)17-9-5-4-8-16(17)20/h2-12,20-23,27H,1H3. The van der Waals surface area contributed by atoms with Crippen molar-refractivity contribution < 1.29 is 14.7 Å². The average molecular weight is 381 g/mol. The first kappa shape index (κ1) is 16.5. The molecule has 2 amide bonds. The van der Waals surface area contributed by atoms with Crippen LogP contribution in [-0.4, -0.2) is 16.9 Å². The zero-order valence-electron chi connectivity index (χ0n) is 15.9. The van der Waals surface area contributed by atoms with Crippen LogP contribution >= 0.6 is 0 Å². The Labute approximate surface area is 168 Å². The highest BCUT2D eigenvalue weighted by Crippen LogP contribution is 2.61. The van der Waals surface area contributed by atoms with Gasteiger partial charge < -0.3 is 5.11 Å². The number of phenols is 1. The van der Waals surface area contributed by atoms with Crippen LogP contribution < -0.4 is 4.90 Å². The van der Waals surface area contributed by atoms with Gasteiger partial charge in [-0.3, -0.25) is 9.59 Å². The average Bonchev–Trinajstić information content (AvgIpc) is 3.01. The highest BCUT2D eigenvalue weighted by Gasteiger charge is 2.62. The van der Waals surface area contributed by atoms with Crippen LogP contribution in [0.15, 0.2) is 66.7 Å². The van der Waals surface area contributed by atoms with Crippen LogP contribution in [0.5, 0.6) is 5.75 Å². The second kappa shape index (κ2) is 5.57. The molecule has 0 saturated carbocycles. The molecule has 0 aromatic heterocycles. The number of hydrogen-bond acceptors (Lipinski definition) is 3. The first-order valence-corrected chi connectivity index (χ1v) is 9.93. The first-order valence-electron chi connectivity index (χ1n) is 9.93. The Bertz CT molecular complexity index is 1100. The van der Waals surface area contributed by atoms with Gasteiger partial charge in [0.1, 0.15) is 5.75 Å². The number of nitrogens with zero attached hydrogens (tertiary/aromatic N) is 1. The molecule has 4 nitrogen and oxygen atoms in total. The van der Waals surface area contributed by atoms with E-state index in [1.807, 2.05) is 31.2 Å². The molecule has 3 aliphatic carbocycles. The van der Waals surface area contributed by atoms with Crippen LogP contribution in [0.1, 0.15) is 39.7 Å². The Balaban J connectivity index is 1.58. The van der Waals surface area contributed by atoms with E-state index >= 15 is 0 Å². The smallest absolute Gasteiger partial charge is 0.238 e. The van der Waals surface area contributed by atoms with E-state index < -0.39 is 11.8 Å². The van der Waals surface area contributed by atoms with Crippen molar-refractivity contribution in [3.8, 4) is 5.75 Å². The molecule has 3 aromatic rings. The summed E-state index contributed by atoms with van der Waals surface area (Å²) in [6.07, 6.45) is 0. The van der Waals surface area contributed by atoms with Crippen molar-refractivity contribution in [2.24, 2.45) is 11.8 Å². The summed E-state index contributed by atoms with van der Waals surface area (Å²) >= 11 is 0. The normalized spacial score (nSPS) is 26.3. The summed E-state index contributed by atoms with van der Waals surface area (Å²) in [6, 6.07) is 21.4. The lowest BCUT2D eigenvalue weighted by molar-refractivity contribution is -0.122. The maximum atomic E-state index is 13.6. The SMILES string of the molecule is Cc1ccc(O)c(N2C(=O)C3C4c5ccccc5C(c5ccccc54)C3C2=O)c1. The molecular formula is C25H19NO3. The number of anilines is 1. The molecule has 1 aliphatic heterocycles. The molecule has 3 aromatic carbocycles. The molecular weight excluding hydrogens is 362 g/mol. The molecule has 1 heterocycles. The van der Waals surface area contributed by atoms with E-state index in [1.54, 1.807) is 18.2 Å². The molecule has 1 fully saturated rings. The topological polar surface area (TPSA) is 57.6 Å². The molecule has 0 spiro atoms. The summed E-state index contributed by atoms with van der Waals surface area (Å²) in [6.45, 7) is 1.89. The van der Waals surface area contributed by atoms with E-state index in [2.05, 4.69) is 24.3 Å². The van der Waals surface area contributed by atoms with Crippen LogP contribution in [0.4, 0.5) is 5.69 Å². The third-order valence-electron chi connectivity index (χ3n) is 6.82. The lowest BCUT2D eigenvalue weighted by Crippen LogP contribution is -2.41. The number of aryl methyl sites for hydroxylation is 1. The fourth-order valence-corrected chi connectivity index (χ4v) is 5.73. The largest absolute Gasteiger partial charge is 0.506 e. The third kappa shape index (κ3) is 1.98. The second-order valence-corrected chi connectivity index (χ2v) is 8.27. The lowest BCUT2D eigenvalue weighted by atomic mass is 9.55. The number of amides is 2. The molecule has 2 atom stereocenters. The minimum atomic E-state index is -0.433. The summed E-state index contributed by atoms with van der Waals surface area (Å²) in [5.41, 5.74) is 5.77. The van der Waals surface area contributed by atoms with Crippen LogP contribution in [0, 0.1) is 18.8 Å². The number of hydrogen-bond donors (Lipinski definition) is 1. The molecule has 1 N–H and O–H groups in total. The molecule has 142 valence electrons. The van der Waals surface area contributed by atoms with Gasteiger partial charge in [0.25, 0.3) is 0 Å². The maximum absolute atomic E-state index is 13.6. The summed E-state index contributed by atoms with van der Waals surface area (Å²) in [4.78, 5) is 28.5. The zero-order chi connectivity index (χ0) is 19.9. The highest BCUT2D eigenvalue weighted by atomic mass is 16.3. The highest BCUT2D eigenvalue weighted by molar-refractivity contribution is 6.24. The monoisotopic (exact) mass is 381 g/mol. The van der Waals surface area contributed by atoms with Gasteiger partial charge in [0.2, 0.25) is 11.8 Å². The van der Waals surface area contributed by atoms with Gasteiger partial charge in [-0.1, -0.05) is 54.6 Å². The Morgan fingerprint density at radius 1 is 0.724 bits per heavy atom. The molecule has 29 heavy (non-hydrogen) atoms. The van der Waals surface area contributed by atoms with Gasteiger partial charge >= 0.3 is 0 Å². The van der Waals surface area contributed by atoms with Crippen molar-refractivity contribution in [2.75, 3.05) is 4.90 Å². The Morgan fingerprint density at radius 3 is 1.62 bits per heavy atom. The maximum Gasteiger partial charge on any atom is 0.238 e. The minimum absolute atomic E-state index is 0.0432. The van der Waals surface area contributed by atoms with E-state index in [-0.39, 0.29) is 29.4 Å².